The predicted octanol–water partition coefficient (Wildman–Crippen LogP) is 2.47. The number of aromatic nitrogens is 1. The molecular weight excluding hydrogens is 259 g/mol. The van der Waals surface area contributed by atoms with Gasteiger partial charge in [0.2, 0.25) is 0 Å². The Kier molecular flexibility index (Phi) is 5.14. The van der Waals surface area contributed by atoms with Crippen molar-refractivity contribution in [1.82, 2.24) is 9.88 Å². The lowest BCUT2D eigenvalue weighted by atomic mass is 10.2. The number of hydrogen-bond donors (Lipinski definition) is 1. The maximum atomic E-state index is 12.4. The van der Waals surface area contributed by atoms with Crippen LogP contribution in [0.2, 0.25) is 0 Å². The van der Waals surface area contributed by atoms with Gasteiger partial charge in [-0.3, -0.25) is 4.79 Å². The predicted molar refractivity (Wildman–Crippen MR) is 65.5 cm³/mol. The molecule has 0 saturated heterocycles. The molecule has 1 aromatic heterocycles. The average molecular weight is 275 g/mol. The number of carbonyl (C=O) groups excluding carboxylic acids is 1. The zero-order valence-corrected chi connectivity index (χ0v) is 10.6. The molecule has 7 heteroatoms. The van der Waals surface area contributed by atoms with E-state index in [9.17, 15) is 18.0 Å². The van der Waals surface area contributed by atoms with Gasteiger partial charge in [-0.25, -0.2) is 4.98 Å². The van der Waals surface area contributed by atoms with Crippen LogP contribution in [0.15, 0.2) is 18.3 Å². The summed E-state index contributed by atoms with van der Waals surface area (Å²) in [5, 5.41) is 0. The van der Waals surface area contributed by atoms with E-state index >= 15 is 0 Å². The molecule has 1 heterocycles. The van der Waals surface area contributed by atoms with Crippen LogP contribution < -0.4 is 5.73 Å². The van der Waals surface area contributed by atoms with Crippen LogP contribution in [0.25, 0.3) is 0 Å². The van der Waals surface area contributed by atoms with Crippen LogP contribution in [0.3, 0.4) is 0 Å². The number of hydrogen-bond acceptors (Lipinski definition) is 3. The second-order valence-electron chi connectivity index (χ2n) is 4.17. The first kappa shape index (κ1) is 15.3. The number of unbranched alkanes of at least 4 members (excludes halogenated alkanes) is 1. The highest BCUT2D eigenvalue weighted by molar-refractivity contribution is 5.92. The summed E-state index contributed by atoms with van der Waals surface area (Å²) >= 11 is 0. The van der Waals surface area contributed by atoms with Crippen molar-refractivity contribution in [2.75, 3.05) is 18.8 Å². The fourth-order valence-electron chi connectivity index (χ4n) is 1.51. The molecule has 0 spiro atoms. The van der Waals surface area contributed by atoms with Crippen molar-refractivity contribution in [3.05, 3.63) is 24.0 Å². The number of carbonyl (C=O) groups is 1. The molecule has 0 radical (unpaired) electrons. The first-order valence-electron chi connectivity index (χ1n) is 5.91. The summed E-state index contributed by atoms with van der Waals surface area (Å²) in [6, 6.07) is 2.76. The van der Waals surface area contributed by atoms with Gasteiger partial charge in [0.1, 0.15) is 12.2 Å². The van der Waals surface area contributed by atoms with Crippen LogP contribution in [-0.4, -0.2) is 35.1 Å². The van der Waals surface area contributed by atoms with Gasteiger partial charge in [-0.2, -0.15) is 13.2 Å². The van der Waals surface area contributed by atoms with Gasteiger partial charge in [0.25, 0.3) is 5.91 Å². The molecule has 0 aliphatic heterocycles. The van der Waals surface area contributed by atoms with Crippen molar-refractivity contribution in [3.8, 4) is 0 Å². The minimum Gasteiger partial charge on any atom is -0.397 e. The quantitative estimate of drug-likeness (QED) is 0.898. The van der Waals surface area contributed by atoms with Crippen molar-refractivity contribution in [2.45, 2.75) is 25.9 Å². The van der Waals surface area contributed by atoms with E-state index in [0.717, 1.165) is 4.90 Å². The summed E-state index contributed by atoms with van der Waals surface area (Å²) < 4.78 is 37.3. The highest BCUT2D eigenvalue weighted by Gasteiger charge is 2.33. The Balaban J connectivity index is 2.83. The first-order chi connectivity index (χ1) is 8.83. The topological polar surface area (TPSA) is 59.2 Å². The molecule has 0 fully saturated rings. The minimum atomic E-state index is -4.42. The Bertz CT molecular complexity index is 417. The number of nitrogens with two attached hydrogens (primary N) is 1. The van der Waals surface area contributed by atoms with Gasteiger partial charge in [-0.15, -0.1) is 0 Å². The standard InChI is InChI=1S/C12H16F3N3O/c1-2-3-6-18(8-12(13,14)15)11(19)10-5-4-9(16)7-17-10/h4-5,7H,2-3,6,8,16H2,1H3. The van der Waals surface area contributed by atoms with Crippen LogP contribution >= 0.6 is 0 Å². The van der Waals surface area contributed by atoms with Gasteiger partial charge in [-0.1, -0.05) is 13.3 Å². The van der Waals surface area contributed by atoms with Gasteiger partial charge in [0, 0.05) is 6.54 Å². The number of anilines is 1. The molecule has 1 amide bonds. The van der Waals surface area contributed by atoms with E-state index in [-0.39, 0.29) is 12.2 Å². The van der Waals surface area contributed by atoms with Crippen LogP contribution in [0, 0.1) is 0 Å². The molecule has 4 nitrogen and oxygen atoms in total. The van der Waals surface area contributed by atoms with Crippen molar-refractivity contribution in [3.63, 3.8) is 0 Å². The normalized spacial score (nSPS) is 11.4. The lowest BCUT2D eigenvalue weighted by molar-refractivity contribution is -0.140. The Morgan fingerprint density at radius 2 is 2.11 bits per heavy atom. The Morgan fingerprint density at radius 1 is 1.42 bits per heavy atom. The monoisotopic (exact) mass is 275 g/mol. The number of amides is 1. The Hall–Kier alpha value is -1.79. The van der Waals surface area contributed by atoms with Crippen LogP contribution in [0.4, 0.5) is 18.9 Å². The Morgan fingerprint density at radius 3 is 2.58 bits per heavy atom. The van der Waals surface area contributed by atoms with E-state index in [1.165, 1.54) is 18.3 Å². The molecule has 106 valence electrons. The molecule has 0 aliphatic rings. The number of alkyl halides is 3. The van der Waals surface area contributed by atoms with Gasteiger partial charge in [0.15, 0.2) is 0 Å². The van der Waals surface area contributed by atoms with Crippen molar-refractivity contribution in [1.29, 1.82) is 0 Å². The van der Waals surface area contributed by atoms with Crippen LogP contribution in [-0.2, 0) is 0 Å². The summed E-state index contributed by atoms with van der Waals surface area (Å²) in [5.41, 5.74) is 5.74. The maximum absolute atomic E-state index is 12.4. The average Bonchev–Trinajstić information content (AvgIpc) is 2.33. The third-order valence-corrected chi connectivity index (χ3v) is 2.44. The van der Waals surface area contributed by atoms with Gasteiger partial charge < -0.3 is 10.6 Å². The highest BCUT2D eigenvalue weighted by Crippen LogP contribution is 2.18. The fourth-order valence-corrected chi connectivity index (χ4v) is 1.51. The number of pyridine rings is 1. The molecule has 19 heavy (non-hydrogen) atoms. The summed E-state index contributed by atoms with van der Waals surface area (Å²) in [7, 11) is 0. The number of rotatable bonds is 5. The third kappa shape index (κ3) is 5.15. The highest BCUT2D eigenvalue weighted by atomic mass is 19.4. The molecule has 0 aromatic carbocycles. The number of nitrogen functional groups attached to an aromatic ring is 1. The SMILES string of the molecule is CCCCN(CC(F)(F)F)C(=O)c1ccc(N)cn1. The van der Waals surface area contributed by atoms with Crippen molar-refractivity contribution >= 4 is 11.6 Å². The van der Waals surface area contributed by atoms with E-state index in [1.54, 1.807) is 0 Å². The fraction of sp³-hybridized carbons (Fsp3) is 0.500. The second kappa shape index (κ2) is 6.40. The molecule has 1 aromatic rings. The molecule has 1 rings (SSSR count). The number of nitrogens with zero attached hydrogens (tertiary/aromatic N) is 2. The van der Waals surface area contributed by atoms with Crippen LogP contribution in [0.1, 0.15) is 30.3 Å². The summed E-state index contributed by atoms with van der Waals surface area (Å²) in [5.74, 6) is -0.731. The number of halogens is 3. The molecule has 0 saturated carbocycles. The largest absolute Gasteiger partial charge is 0.406 e. The lowest BCUT2D eigenvalue weighted by Gasteiger charge is -2.23. The van der Waals surface area contributed by atoms with E-state index in [4.69, 9.17) is 5.73 Å². The third-order valence-electron chi connectivity index (χ3n) is 2.44. The molecule has 0 atom stereocenters. The van der Waals surface area contributed by atoms with E-state index in [0.29, 0.717) is 18.5 Å². The second-order valence-corrected chi connectivity index (χ2v) is 4.17. The van der Waals surface area contributed by atoms with Gasteiger partial charge in [-0.05, 0) is 18.6 Å². The van der Waals surface area contributed by atoms with Crippen molar-refractivity contribution in [2.24, 2.45) is 0 Å². The van der Waals surface area contributed by atoms with Gasteiger partial charge in [0.05, 0.1) is 11.9 Å². The maximum Gasteiger partial charge on any atom is 0.406 e. The molecule has 0 bridgehead atoms. The molecule has 2 N–H and O–H groups in total. The van der Waals surface area contributed by atoms with E-state index in [2.05, 4.69) is 4.98 Å². The summed E-state index contributed by atoms with van der Waals surface area (Å²) in [4.78, 5) is 16.5. The summed E-state index contributed by atoms with van der Waals surface area (Å²) in [6.07, 6.45) is -1.95. The minimum absolute atomic E-state index is 0.0328. The smallest absolute Gasteiger partial charge is 0.397 e. The van der Waals surface area contributed by atoms with E-state index in [1.807, 2.05) is 6.92 Å². The lowest BCUT2D eigenvalue weighted by Crippen LogP contribution is -2.39. The van der Waals surface area contributed by atoms with Crippen molar-refractivity contribution < 1.29 is 18.0 Å². The van der Waals surface area contributed by atoms with Gasteiger partial charge >= 0.3 is 6.18 Å². The zero-order chi connectivity index (χ0) is 14.5. The Labute approximate surface area is 109 Å². The molecular formula is C12H16F3N3O. The zero-order valence-electron chi connectivity index (χ0n) is 10.6. The van der Waals surface area contributed by atoms with E-state index < -0.39 is 18.6 Å². The van der Waals surface area contributed by atoms with Crippen LogP contribution in [0.5, 0.6) is 0 Å². The molecule has 0 aliphatic carbocycles. The first-order valence-corrected chi connectivity index (χ1v) is 5.91. The summed E-state index contributed by atoms with van der Waals surface area (Å²) in [6.45, 7) is 0.635. The molecule has 0 unspecified atom stereocenters.